The van der Waals surface area contributed by atoms with Crippen LogP contribution in [0.25, 0.3) is 0 Å². The highest BCUT2D eigenvalue weighted by Crippen LogP contribution is 2.15. The Morgan fingerprint density at radius 2 is 2.18 bits per heavy atom. The number of phenols is 1. The van der Waals surface area contributed by atoms with Gasteiger partial charge >= 0.3 is 0 Å². The molecule has 0 unspecified atom stereocenters. The number of hydrogen-bond donors (Lipinski definition) is 2. The number of aromatic hydroxyl groups is 1. The van der Waals surface area contributed by atoms with Crippen LogP contribution in [0.4, 0.5) is 5.69 Å². The van der Waals surface area contributed by atoms with Crippen molar-refractivity contribution in [2.75, 3.05) is 11.9 Å². The zero-order valence-electron chi connectivity index (χ0n) is 9.10. The van der Waals surface area contributed by atoms with E-state index in [9.17, 15) is 5.11 Å². The Morgan fingerprint density at radius 3 is 2.94 bits per heavy atom. The van der Waals surface area contributed by atoms with Gasteiger partial charge in [-0.15, -0.1) is 0 Å². The standard InChI is InChI=1S/C12H12BrN3O/c13-11-4-6-15-12(16-11)5-7-14-9-2-1-3-10(17)8-9/h1-4,6,8,14,17H,5,7H2. The molecule has 0 saturated carbocycles. The van der Waals surface area contributed by atoms with Crippen LogP contribution in [-0.4, -0.2) is 21.6 Å². The number of phenolic OH excluding ortho intramolecular Hbond substituents is 1. The van der Waals surface area contributed by atoms with Gasteiger partial charge in [-0.25, -0.2) is 9.97 Å². The van der Waals surface area contributed by atoms with E-state index in [1.165, 1.54) is 0 Å². The summed E-state index contributed by atoms with van der Waals surface area (Å²) in [5, 5.41) is 12.5. The van der Waals surface area contributed by atoms with Gasteiger partial charge in [-0.3, -0.25) is 0 Å². The first-order valence-electron chi connectivity index (χ1n) is 5.24. The molecule has 0 aliphatic heterocycles. The second-order valence-electron chi connectivity index (χ2n) is 3.52. The molecule has 0 amide bonds. The fourth-order valence-corrected chi connectivity index (χ4v) is 1.75. The van der Waals surface area contributed by atoms with Gasteiger partial charge in [-0.1, -0.05) is 6.07 Å². The SMILES string of the molecule is Oc1cccc(NCCc2nccc(Br)n2)c1. The Morgan fingerprint density at radius 1 is 1.29 bits per heavy atom. The number of hydrogen-bond acceptors (Lipinski definition) is 4. The quantitative estimate of drug-likeness (QED) is 0.851. The van der Waals surface area contributed by atoms with Gasteiger partial charge in [-0.05, 0) is 34.1 Å². The second kappa shape index (κ2) is 5.63. The van der Waals surface area contributed by atoms with Gasteiger partial charge in [0, 0.05) is 30.9 Å². The van der Waals surface area contributed by atoms with Gasteiger partial charge in [0.1, 0.15) is 16.2 Å². The van der Waals surface area contributed by atoms with Crippen molar-refractivity contribution in [1.82, 2.24) is 9.97 Å². The van der Waals surface area contributed by atoms with Gasteiger partial charge in [0.15, 0.2) is 0 Å². The topological polar surface area (TPSA) is 58.0 Å². The van der Waals surface area contributed by atoms with Gasteiger partial charge < -0.3 is 10.4 Å². The summed E-state index contributed by atoms with van der Waals surface area (Å²) in [7, 11) is 0. The molecule has 0 fully saturated rings. The Labute approximate surface area is 108 Å². The van der Waals surface area contributed by atoms with Crippen LogP contribution in [0, 0.1) is 0 Å². The molecule has 0 spiro atoms. The summed E-state index contributed by atoms with van der Waals surface area (Å²) in [4.78, 5) is 8.40. The van der Waals surface area contributed by atoms with Crippen LogP contribution in [0.5, 0.6) is 5.75 Å². The highest BCUT2D eigenvalue weighted by atomic mass is 79.9. The van der Waals surface area contributed by atoms with Crippen LogP contribution in [0.1, 0.15) is 5.82 Å². The fraction of sp³-hybridized carbons (Fsp3) is 0.167. The van der Waals surface area contributed by atoms with E-state index in [2.05, 4.69) is 31.2 Å². The highest BCUT2D eigenvalue weighted by molar-refractivity contribution is 9.10. The predicted molar refractivity (Wildman–Crippen MR) is 70.0 cm³/mol. The first kappa shape index (κ1) is 11.9. The van der Waals surface area contributed by atoms with E-state index in [1.807, 2.05) is 6.07 Å². The maximum absolute atomic E-state index is 9.29. The summed E-state index contributed by atoms with van der Waals surface area (Å²) >= 11 is 3.30. The van der Waals surface area contributed by atoms with Crippen molar-refractivity contribution in [2.24, 2.45) is 0 Å². The van der Waals surface area contributed by atoms with Crippen molar-refractivity contribution in [1.29, 1.82) is 0 Å². The van der Waals surface area contributed by atoms with E-state index in [0.717, 1.165) is 29.1 Å². The van der Waals surface area contributed by atoms with Crippen molar-refractivity contribution >= 4 is 21.6 Å². The monoisotopic (exact) mass is 293 g/mol. The Balaban J connectivity index is 1.87. The lowest BCUT2D eigenvalue weighted by Gasteiger charge is -2.05. The Kier molecular flexibility index (Phi) is 3.93. The summed E-state index contributed by atoms with van der Waals surface area (Å²) < 4.78 is 0.792. The number of anilines is 1. The van der Waals surface area contributed by atoms with E-state index < -0.39 is 0 Å². The fourth-order valence-electron chi connectivity index (χ4n) is 1.43. The number of rotatable bonds is 4. The number of halogens is 1. The molecule has 1 aromatic carbocycles. The molecule has 1 heterocycles. The lowest BCUT2D eigenvalue weighted by Crippen LogP contribution is -2.07. The summed E-state index contributed by atoms with van der Waals surface area (Å²) in [6.07, 6.45) is 2.45. The summed E-state index contributed by atoms with van der Waals surface area (Å²) in [6.45, 7) is 0.722. The second-order valence-corrected chi connectivity index (χ2v) is 4.34. The molecular weight excluding hydrogens is 282 g/mol. The lowest BCUT2D eigenvalue weighted by atomic mass is 10.3. The molecule has 17 heavy (non-hydrogen) atoms. The molecule has 5 heteroatoms. The number of benzene rings is 1. The minimum Gasteiger partial charge on any atom is -0.508 e. The molecule has 2 N–H and O–H groups in total. The zero-order valence-corrected chi connectivity index (χ0v) is 10.7. The predicted octanol–water partition coefficient (Wildman–Crippen LogP) is 2.60. The first-order valence-corrected chi connectivity index (χ1v) is 6.04. The van der Waals surface area contributed by atoms with Crippen LogP contribution in [0.2, 0.25) is 0 Å². The van der Waals surface area contributed by atoms with Gasteiger partial charge in [0.2, 0.25) is 0 Å². The minimum absolute atomic E-state index is 0.258. The van der Waals surface area contributed by atoms with Gasteiger partial charge in [0.05, 0.1) is 0 Å². The maximum atomic E-state index is 9.29. The number of nitrogens with one attached hydrogen (secondary N) is 1. The van der Waals surface area contributed by atoms with Crippen LogP contribution in [-0.2, 0) is 6.42 Å². The molecule has 0 bridgehead atoms. The summed E-state index contributed by atoms with van der Waals surface area (Å²) in [5.74, 6) is 1.04. The molecule has 0 aliphatic rings. The van der Waals surface area contributed by atoms with Gasteiger partial charge in [-0.2, -0.15) is 0 Å². The van der Waals surface area contributed by atoms with Crippen molar-refractivity contribution in [2.45, 2.75) is 6.42 Å². The molecule has 1 aromatic heterocycles. The average molecular weight is 294 g/mol. The van der Waals surface area contributed by atoms with Crippen molar-refractivity contribution in [3.63, 3.8) is 0 Å². The highest BCUT2D eigenvalue weighted by Gasteiger charge is 1.98. The van der Waals surface area contributed by atoms with Crippen molar-refractivity contribution in [3.8, 4) is 5.75 Å². The van der Waals surface area contributed by atoms with E-state index in [0.29, 0.717) is 0 Å². The van der Waals surface area contributed by atoms with Crippen LogP contribution >= 0.6 is 15.9 Å². The summed E-state index contributed by atoms with van der Waals surface area (Å²) in [6, 6.07) is 8.82. The molecule has 2 aromatic rings. The molecule has 0 aliphatic carbocycles. The smallest absolute Gasteiger partial charge is 0.131 e. The molecule has 0 radical (unpaired) electrons. The zero-order chi connectivity index (χ0) is 12.1. The Hall–Kier alpha value is -1.62. The molecule has 0 atom stereocenters. The van der Waals surface area contributed by atoms with E-state index >= 15 is 0 Å². The van der Waals surface area contributed by atoms with Crippen LogP contribution < -0.4 is 5.32 Å². The van der Waals surface area contributed by atoms with Crippen LogP contribution in [0.3, 0.4) is 0 Å². The molecule has 88 valence electrons. The van der Waals surface area contributed by atoms with E-state index in [1.54, 1.807) is 30.5 Å². The Bertz CT molecular complexity index is 459. The first-order chi connectivity index (χ1) is 8.24. The third kappa shape index (κ3) is 3.71. The molecule has 4 nitrogen and oxygen atoms in total. The minimum atomic E-state index is 0.258. The normalized spacial score (nSPS) is 10.2. The molecule has 0 saturated heterocycles. The summed E-state index contributed by atoms with van der Waals surface area (Å²) in [5.41, 5.74) is 0.889. The largest absolute Gasteiger partial charge is 0.508 e. The lowest BCUT2D eigenvalue weighted by molar-refractivity contribution is 0.475. The van der Waals surface area contributed by atoms with Gasteiger partial charge in [0.25, 0.3) is 0 Å². The van der Waals surface area contributed by atoms with E-state index in [4.69, 9.17) is 0 Å². The number of nitrogens with zero attached hydrogens (tertiary/aromatic N) is 2. The molecular formula is C12H12BrN3O. The third-order valence-corrected chi connectivity index (χ3v) is 2.64. The van der Waals surface area contributed by atoms with Crippen molar-refractivity contribution < 1.29 is 5.11 Å². The average Bonchev–Trinajstić information content (AvgIpc) is 2.29. The molecule has 2 rings (SSSR count). The van der Waals surface area contributed by atoms with E-state index in [-0.39, 0.29) is 5.75 Å². The van der Waals surface area contributed by atoms with Crippen LogP contribution in [0.15, 0.2) is 41.1 Å². The maximum Gasteiger partial charge on any atom is 0.131 e. The van der Waals surface area contributed by atoms with Crippen molar-refractivity contribution in [3.05, 3.63) is 47.0 Å². The number of aromatic nitrogens is 2. The third-order valence-electron chi connectivity index (χ3n) is 2.20.